The maximum atomic E-state index is 13.4. The number of sulfonamides is 1. The Bertz CT molecular complexity index is 1250. The Balaban J connectivity index is 1.65. The Morgan fingerprint density at radius 3 is 2.28 bits per heavy atom. The summed E-state index contributed by atoms with van der Waals surface area (Å²) in [7, 11) is -2.01. The average Bonchev–Trinajstić information content (AvgIpc) is 3.08. The predicted molar refractivity (Wildman–Crippen MR) is 125 cm³/mol. The van der Waals surface area contributed by atoms with Gasteiger partial charge in [-0.1, -0.05) is 51.1 Å². The van der Waals surface area contributed by atoms with Gasteiger partial charge in [0.2, 0.25) is 10.0 Å². The van der Waals surface area contributed by atoms with Gasteiger partial charge in [0.1, 0.15) is 5.82 Å². The molecule has 1 aliphatic rings. The molecular weight excluding hydrogens is 424 g/mol. The van der Waals surface area contributed by atoms with E-state index in [1.54, 1.807) is 23.7 Å². The number of hydrogen-bond donors (Lipinski definition) is 0. The van der Waals surface area contributed by atoms with E-state index in [1.807, 2.05) is 42.5 Å². The minimum absolute atomic E-state index is 0.0431. The van der Waals surface area contributed by atoms with E-state index in [1.165, 1.54) is 8.99 Å². The van der Waals surface area contributed by atoms with Gasteiger partial charge >= 0.3 is 5.69 Å². The molecule has 0 bridgehead atoms. The molecule has 1 aromatic heterocycles. The lowest BCUT2D eigenvalue weighted by Gasteiger charge is -2.31. The summed E-state index contributed by atoms with van der Waals surface area (Å²) >= 11 is 0. The maximum absolute atomic E-state index is 13.4. The van der Waals surface area contributed by atoms with E-state index in [9.17, 15) is 13.2 Å². The number of piperidine rings is 1. The van der Waals surface area contributed by atoms with Crippen molar-refractivity contribution in [1.82, 2.24) is 18.7 Å². The number of hydrogen-bond acceptors (Lipinski definition) is 4. The summed E-state index contributed by atoms with van der Waals surface area (Å²) < 4.78 is 31.2. The first-order chi connectivity index (χ1) is 15.1. The highest BCUT2D eigenvalue weighted by Gasteiger charge is 2.34. The van der Waals surface area contributed by atoms with Gasteiger partial charge in [-0.25, -0.2) is 22.5 Å². The van der Waals surface area contributed by atoms with Crippen molar-refractivity contribution >= 4 is 10.0 Å². The normalized spacial score (nSPS) is 18.1. The Morgan fingerprint density at radius 1 is 1.00 bits per heavy atom. The van der Waals surface area contributed by atoms with E-state index in [0.717, 1.165) is 17.7 Å². The van der Waals surface area contributed by atoms with Crippen molar-refractivity contribution in [2.24, 2.45) is 7.05 Å². The van der Waals surface area contributed by atoms with Crippen molar-refractivity contribution in [2.75, 3.05) is 13.1 Å². The highest BCUT2D eigenvalue weighted by molar-refractivity contribution is 7.89. The molecule has 32 heavy (non-hydrogen) atoms. The van der Waals surface area contributed by atoms with Gasteiger partial charge in [-0.2, -0.15) is 9.40 Å². The first-order valence-corrected chi connectivity index (χ1v) is 12.3. The zero-order chi connectivity index (χ0) is 23.1. The van der Waals surface area contributed by atoms with Crippen molar-refractivity contribution in [3.63, 3.8) is 0 Å². The van der Waals surface area contributed by atoms with Crippen LogP contribution in [0.25, 0.3) is 5.69 Å². The third-order valence-electron chi connectivity index (χ3n) is 6.07. The van der Waals surface area contributed by atoms with Crippen LogP contribution in [0.4, 0.5) is 0 Å². The summed E-state index contributed by atoms with van der Waals surface area (Å²) in [6, 6.07) is 16.5. The highest BCUT2D eigenvalue weighted by Crippen LogP contribution is 2.31. The largest absolute Gasteiger partial charge is 0.350 e. The SMILES string of the molecule is Cn1nc(C2CCCN(S(=O)(=O)c3ccc(C(C)(C)C)cc3)C2)n(-c2ccccc2)c1=O. The lowest BCUT2D eigenvalue weighted by atomic mass is 9.87. The lowest BCUT2D eigenvalue weighted by Crippen LogP contribution is -2.40. The van der Waals surface area contributed by atoms with Gasteiger partial charge in [-0.05, 0) is 48.1 Å². The van der Waals surface area contributed by atoms with Crippen LogP contribution in [-0.2, 0) is 22.5 Å². The van der Waals surface area contributed by atoms with E-state index < -0.39 is 10.0 Å². The molecule has 0 radical (unpaired) electrons. The van der Waals surface area contributed by atoms with Gasteiger partial charge in [0.15, 0.2) is 0 Å². The summed E-state index contributed by atoms with van der Waals surface area (Å²) in [6.07, 6.45) is 1.49. The minimum atomic E-state index is -3.63. The number of aryl methyl sites for hydroxylation is 1. The summed E-state index contributed by atoms with van der Waals surface area (Å²) in [4.78, 5) is 13.1. The first-order valence-electron chi connectivity index (χ1n) is 10.9. The molecule has 1 fully saturated rings. The molecule has 1 unspecified atom stereocenters. The van der Waals surface area contributed by atoms with Crippen LogP contribution in [0.1, 0.15) is 50.9 Å². The van der Waals surface area contributed by atoms with Crippen molar-refractivity contribution in [3.05, 3.63) is 76.5 Å². The molecule has 170 valence electrons. The van der Waals surface area contributed by atoms with Crippen LogP contribution in [0.5, 0.6) is 0 Å². The van der Waals surface area contributed by atoms with Gasteiger partial charge in [0.25, 0.3) is 0 Å². The van der Waals surface area contributed by atoms with Crippen LogP contribution in [0, 0.1) is 0 Å². The molecular formula is C24H30N4O3S. The molecule has 2 heterocycles. The Kier molecular flexibility index (Phi) is 5.85. The molecule has 0 amide bonds. The average molecular weight is 455 g/mol. The molecule has 0 spiro atoms. The molecule has 8 heteroatoms. The first kappa shape index (κ1) is 22.5. The van der Waals surface area contributed by atoms with Gasteiger partial charge in [0.05, 0.1) is 10.6 Å². The van der Waals surface area contributed by atoms with Crippen LogP contribution in [0.2, 0.25) is 0 Å². The Hall–Kier alpha value is -2.71. The number of benzene rings is 2. The number of aromatic nitrogens is 3. The zero-order valence-electron chi connectivity index (χ0n) is 19.0. The van der Waals surface area contributed by atoms with Crippen molar-refractivity contribution in [1.29, 1.82) is 0 Å². The molecule has 2 aromatic carbocycles. The second-order valence-corrected chi connectivity index (χ2v) is 11.3. The molecule has 1 saturated heterocycles. The van der Waals surface area contributed by atoms with Gasteiger partial charge in [-0.3, -0.25) is 0 Å². The monoisotopic (exact) mass is 454 g/mol. The van der Waals surface area contributed by atoms with E-state index in [2.05, 4.69) is 25.9 Å². The Labute approximate surface area is 189 Å². The van der Waals surface area contributed by atoms with Gasteiger partial charge < -0.3 is 0 Å². The van der Waals surface area contributed by atoms with Crippen LogP contribution >= 0.6 is 0 Å². The molecule has 4 rings (SSSR count). The van der Waals surface area contributed by atoms with Gasteiger partial charge in [0, 0.05) is 26.1 Å². The van der Waals surface area contributed by atoms with Crippen LogP contribution in [0.15, 0.2) is 64.3 Å². The molecule has 0 aliphatic carbocycles. The third-order valence-corrected chi connectivity index (χ3v) is 7.95. The third kappa shape index (κ3) is 4.17. The zero-order valence-corrected chi connectivity index (χ0v) is 19.8. The molecule has 0 saturated carbocycles. The number of para-hydroxylation sites is 1. The van der Waals surface area contributed by atoms with Crippen LogP contribution < -0.4 is 5.69 Å². The number of nitrogens with zero attached hydrogens (tertiary/aromatic N) is 4. The molecule has 3 aromatic rings. The Morgan fingerprint density at radius 2 is 1.66 bits per heavy atom. The highest BCUT2D eigenvalue weighted by atomic mass is 32.2. The summed E-state index contributed by atoms with van der Waals surface area (Å²) in [5, 5.41) is 4.48. The quantitative estimate of drug-likeness (QED) is 0.605. The van der Waals surface area contributed by atoms with Crippen molar-refractivity contribution < 1.29 is 8.42 Å². The molecule has 1 aliphatic heterocycles. The predicted octanol–water partition coefficient (Wildman–Crippen LogP) is 3.44. The lowest BCUT2D eigenvalue weighted by molar-refractivity contribution is 0.307. The van der Waals surface area contributed by atoms with Crippen molar-refractivity contribution in [2.45, 2.75) is 49.8 Å². The molecule has 1 atom stereocenters. The standard InChI is InChI=1S/C24H30N4O3S/c1-24(2,3)19-12-14-21(15-13-19)32(30,31)27-16-8-9-18(17-27)22-25-26(4)23(29)28(22)20-10-6-5-7-11-20/h5-7,10-15,18H,8-9,16-17H2,1-4H3. The second-order valence-electron chi connectivity index (χ2n) is 9.41. The fourth-order valence-electron chi connectivity index (χ4n) is 4.22. The van der Waals surface area contributed by atoms with E-state index in [-0.39, 0.29) is 17.0 Å². The summed E-state index contributed by atoms with van der Waals surface area (Å²) in [5.74, 6) is 0.438. The fourth-order valence-corrected chi connectivity index (χ4v) is 5.74. The number of rotatable bonds is 4. The minimum Gasteiger partial charge on any atom is -0.247 e. The fraction of sp³-hybridized carbons (Fsp3) is 0.417. The topological polar surface area (TPSA) is 77.2 Å². The van der Waals surface area contributed by atoms with Gasteiger partial charge in [-0.15, -0.1) is 0 Å². The van der Waals surface area contributed by atoms with Crippen molar-refractivity contribution in [3.8, 4) is 5.69 Å². The van der Waals surface area contributed by atoms with Crippen LogP contribution in [-0.4, -0.2) is 40.2 Å². The summed E-state index contributed by atoms with van der Waals surface area (Å²) in [6.45, 7) is 7.06. The smallest absolute Gasteiger partial charge is 0.247 e. The second kappa shape index (κ2) is 8.33. The van der Waals surface area contributed by atoms with Crippen LogP contribution in [0.3, 0.4) is 0 Å². The van der Waals surface area contributed by atoms with E-state index in [0.29, 0.717) is 30.2 Å². The molecule has 0 N–H and O–H groups in total. The van der Waals surface area contributed by atoms with E-state index in [4.69, 9.17) is 0 Å². The summed E-state index contributed by atoms with van der Waals surface area (Å²) in [5.41, 5.74) is 1.55. The van der Waals surface area contributed by atoms with E-state index >= 15 is 0 Å². The molecule has 7 nitrogen and oxygen atoms in total. The maximum Gasteiger partial charge on any atom is 0.350 e.